The highest BCUT2D eigenvalue weighted by atomic mass is 32.2. The molecule has 1 aliphatic rings. The first-order valence-electron chi connectivity index (χ1n) is 5.53. The molecule has 0 bridgehead atoms. The Morgan fingerprint density at radius 2 is 1.87 bits per heavy atom. The summed E-state index contributed by atoms with van der Waals surface area (Å²) in [5.41, 5.74) is 3.08. The van der Waals surface area contributed by atoms with Gasteiger partial charge in [0.2, 0.25) is 0 Å². The second kappa shape index (κ2) is 4.18. The SMILES string of the molecule is CC(C)(C)c1ccc(C2NCCS2)cc1. The maximum absolute atomic E-state index is 3.49. The van der Waals surface area contributed by atoms with Crippen molar-refractivity contribution in [2.75, 3.05) is 12.3 Å². The molecule has 1 aliphatic heterocycles. The van der Waals surface area contributed by atoms with Crippen molar-refractivity contribution in [3.8, 4) is 0 Å². The molecule has 0 aromatic heterocycles. The molecule has 0 spiro atoms. The van der Waals surface area contributed by atoms with Crippen molar-refractivity contribution >= 4 is 11.8 Å². The van der Waals surface area contributed by atoms with Crippen LogP contribution in [0, 0.1) is 0 Å². The number of nitrogens with one attached hydrogen (secondary N) is 1. The number of hydrogen-bond acceptors (Lipinski definition) is 2. The maximum Gasteiger partial charge on any atom is 0.0790 e. The van der Waals surface area contributed by atoms with E-state index >= 15 is 0 Å². The van der Waals surface area contributed by atoms with E-state index in [4.69, 9.17) is 0 Å². The lowest BCUT2D eigenvalue weighted by Crippen LogP contribution is -2.13. The Bertz CT molecular complexity index is 317. The molecule has 2 heteroatoms. The Morgan fingerprint density at radius 1 is 1.20 bits per heavy atom. The Balaban J connectivity index is 2.16. The summed E-state index contributed by atoms with van der Waals surface area (Å²) in [6.45, 7) is 7.90. The number of rotatable bonds is 1. The van der Waals surface area contributed by atoms with Gasteiger partial charge in [-0.15, -0.1) is 11.8 Å². The van der Waals surface area contributed by atoms with Gasteiger partial charge in [-0.25, -0.2) is 0 Å². The fourth-order valence-electron chi connectivity index (χ4n) is 1.80. The standard InChI is InChI=1S/C13H19NS/c1-13(2,3)11-6-4-10(5-7-11)12-14-8-9-15-12/h4-7,12,14H,8-9H2,1-3H3. The molecule has 2 rings (SSSR count). The van der Waals surface area contributed by atoms with Crippen molar-refractivity contribution in [3.63, 3.8) is 0 Å². The van der Waals surface area contributed by atoms with Crippen LogP contribution in [-0.4, -0.2) is 12.3 Å². The molecule has 1 atom stereocenters. The van der Waals surface area contributed by atoms with Crippen LogP contribution in [0.25, 0.3) is 0 Å². The van der Waals surface area contributed by atoms with Crippen LogP contribution in [0.15, 0.2) is 24.3 Å². The summed E-state index contributed by atoms with van der Waals surface area (Å²) in [6, 6.07) is 9.04. The molecule has 1 nitrogen and oxygen atoms in total. The van der Waals surface area contributed by atoms with Crippen LogP contribution in [0.2, 0.25) is 0 Å². The van der Waals surface area contributed by atoms with Crippen molar-refractivity contribution < 1.29 is 0 Å². The monoisotopic (exact) mass is 221 g/mol. The van der Waals surface area contributed by atoms with E-state index in [2.05, 4.69) is 50.4 Å². The van der Waals surface area contributed by atoms with E-state index in [0.717, 1.165) is 6.54 Å². The molecule has 1 aromatic carbocycles. The summed E-state index contributed by atoms with van der Waals surface area (Å²) in [5, 5.41) is 4.01. The smallest absolute Gasteiger partial charge is 0.0790 e. The first-order chi connectivity index (χ1) is 7.07. The van der Waals surface area contributed by atoms with Gasteiger partial charge in [0.15, 0.2) is 0 Å². The van der Waals surface area contributed by atoms with E-state index in [1.807, 2.05) is 11.8 Å². The van der Waals surface area contributed by atoms with E-state index in [0.29, 0.717) is 5.37 Å². The quantitative estimate of drug-likeness (QED) is 0.781. The van der Waals surface area contributed by atoms with E-state index < -0.39 is 0 Å². The Labute approximate surface area is 96.7 Å². The van der Waals surface area contributed by atoms with Crippen molar-refractivity contribution in [2.24, 2.45) is 0 Å². The topological polar surface area (TPSA) is 12.0 Å². The molecule has 0 radical (unpaired) electrons. The molecule has 15 heavy (non-hydrogen) atoms. The second-order valence-electron chi connectivity index (χ2n) is 5.08. The lowest BCUT2D eigenvalue weighted by atomic mass is 9.87. The lowest BCUT2D eigenvalue weighted by Gasteiger charge is -2.20. The van der Waals surface area contributed by atoms with Crippen LogP contribution >= 0.6 is 11.8 Å². The lowest BCUT2D eigenvalue weighted by molar-refractivity contribution is 0.589. The van der Waals surface area contributed by atoms with Crippen LogP contribution in [0.5, 0.6) is 0 Å². The van der Waals surface area contributed by atoms with Gasteiger partial charge in [0, 0.05) is 12.3 Å². The summed E-state index contributed by atoms with van der Waals surface area (Å²) in [6.07, 6.45) is 0. The van der Waals surface area contributed by atoms with Crippen LogP contribution in [-0.2, 0) is 5.41 Å². The fraction of sp³-hybridized carbons (Fsp3) is 0.538. The summed E-state index contributed by atoms with van der Waals surface area (Å²) in [4.78, 5) is 0. The molecule has 1 heterocycles. The van der Waals surface area contributed by atoms with E-state index in [9.17, 15) is 0 Å². The second-order valence-corrected chi connectivity index (χ2v) is 6.29. The number of hydrogen-bond donors (Lipinski definition) is 1. The molecular weight excluding hydrogens is 202 g/mol. The Kier molecular flexibility index (Phi) is 3.08. The normalized spacial score (nSPS) is 21.9. The maximum atomic E-state index is 3.49. The van der Waals surface area contributed by atoms with Crippen LogP contribution < -0.4 is 5.32 Å². The summed E-state index contributed by atoms with van der Waals surface area (Å²) >= 11 is 2.00. The minimum atomic E-state index is 0.259. The molecule has 0 aliphatic carbocycles. The van der Waals surface area contributed by atoms with Gasteiger partial charge in [0.05, 0.1) is 5.37 Å². The molecule has 1 unspecified atom stereocenters. The third-order valence-electron chi connectivity index (χ3n) is 2.80. The van der Waals surface area contributed by atoms with Gasteiger partial charge in [-0.05, 0) is 16.5 Å². The van der Waals surface area contributed by atoms with Crippen molar-refractivity contribution in [1.82, 2.24) is 5.32 Å². The summed E-state index contributed by atoms with van der Waals surface area (Å²) < 4.78 is 0. The first-order valence-corrected chi connectivity index (χ1v) is 6.58. The number of thioether (sulfide) groups is 1. The van der Waals surface area contributed by atoms with Crippen LogP contribution in [0.1, 0.15) is 37.3 Å². The third kappa shape index (κ3) is 2.56. The molecule has 0 amide bonds. The first kappa shape index (κ1) is 11.0. The van der Waals surface area contributed by atoms with Crippen molar-refractivity contribution in [2.45, 2.75) is 31.6 Å². The Morgan fingerprint density at radius 3 is 2.33 bits per heavy atom. The molecule has 1 fully saturated rings. The van der Waals surface area contributed by atoms with Gasteiger partial charge in [0.1, 0.15) is 0 Å². The zero-order valence-corrected chi connectivity index (χ0v) is 10.5. The average molecular weight is 221 g/mol. The van der Waals surface area contributed by atoms with Gasteiger partial charge in [-0.1, -0.05) is 45.0 Å². The molecular formula is C13H19NS. The van der Waals surface area contributed by atoms with E-state index in [1.54, 1.807) is 0 Å². The molecule has 1 N–H and O–H groups in total. The molecule has 1 saturated heterocycles. The minimum Gasteiger partial charge on any atom is -0.301 e. The Hall–Kier alpha value is -0.470. The third-order valence-corrected chi connectivity index (χ3v) is 4.01. The fourth-order valence-corrected chi connectivity index (χ4v) is 2.85. The van der Waals surface area contributed by atoms with Gasteiger partial charge in [-0.2, -0.15) is 0 Å². The highest BCUT2D eigenvalue weighted by Crippen LogP contribution is 2.31. The zero-order chi connectivity index (χ0) is 10.9. The predicted molar refractivity (Wildman–Crippen MR) is 68.3 cm³/mol. The van der Waals surface area contributed by atoms with Gasteiger partial charge >= 0.3 is 0 Å². The largest absolute Gasteiger partial charge is 0.301 e. The summed E-state index contributed by atoms with van der Waals surface area (Å²) in [7, 11) is 0. The van der Waals surface area contributed by atoms with Crippen molar-refractivity contribution in [3.05, 3.63) is 35.4 Å². The highest BCUT2D eigenvalue weighted by Gasteiger charge is 2.18. The average Bonchev–Trinajstić information content (AvgIpc) is 2.69. The van der Waals surface area contributed by atoms with Crippen molar-refractivity contribution in [1.29, 1.82) is 0 Å². The van der Waals surface area contributed by atoms with E-state index in [1.165, 1.54) is 16.9 Å². The molecule has 1 aromatic rings. The molecule has 82 valence electrons. The van der Waals surface area contributed by atoms with Gasteiger partial charge < -0.3 is 5.32 Å². The van der Waals surface area contributed by atoms with E-state index in [-0.39, 0.29) is 5.41 Å². The highest BCUT2D eigenvalue weighted by molar-refractivity contribution is 7.99. The van der Waals surface area contributed by atoms with Gasteiger partial charge in [0.25, 0.3) is 0 Å². The minimum absolute atomic E-state index is 0.259. The zero-order valence-electron chi connectivity index (χ0n) is 9.71. The number of benzene rings is 1. The van der Waals surface area contributed by atoms with Crippen LogP contribution in [0.4, 0.5) is 0 Å². The molecule has 0 saturated carbocycles. The summed E-state index contributed by atoms with van der Waals surface area (Å²) in [5.74, 6) is 1.23. The van der Waals surface area contributed by atoms with Gasteiger partial charge in [-0.3, -0.25) is 0 Å². The van der Waals surface area contributed by atoms with Crippen LogP contribution in [0.3, 0.4) is 0 Å². The predicted octanol–water partition coefficient (Wildman–Crippen LogP) is 3.32.